The van der Waals surface area contributed by atoms with Gasteiger partial charge in [0.15, 0.2) is 0 Å². The number of nitrogens with zero attached hydrogens (tertiary/aromatic N) is 1. The summed E-state index contributed by atoms with van der Waals surface area (Å²) in [7, 11) is 0. The van der Waals surface area contributed by atoms with Crippen molar-refractivity contribution in [3.63, 3.8) is 0 Å². The van der Waals surface area contributed by atoms with Gasteiger partial charge in [-0.1, -0.05) is 20.8 Å². The van der Waals surface area contributed by atoms with Crippen LogP contribution in [0.1, 0.15) is 38.5 Å². The lowest BCUT2D eigenvalue weighted by molar-refractivity contribution is -0.150. The Kier molecular flexibility index (Phi) is 4.26. The number of hydrogen-bond acceptors (Lipinski definition) is 4. The van der Waals surface area contributed by atoms with Gasteiger partial charge in [0.2, 0.25) is 0 Å². The maximum absolute atomic E-state index is 11.3. The summed E-state index contributed by atoms with van der Waals surface area (Å²) in [6, 6.07) is 0.382. The molecule has 1 aromatic rings. The van der Waals surface area contributed by atoms with Crippen molar-refractivity contribution < 1.29 is 9.90 Å². The predicted octanol–water partition coefficient (Wildman–Crippen LogP) is 2.76. The highest BCUT2D eigenvalue weighted by atomic mass is 32.1. The van der Waals surface area contributed by atoms with Gasteiger partial charge in [-0.05, 0) is 24.2 Å². The van der Waals surface area contributed by atoms with Gasteiger partial charge in [0.1, 0.15) is 0 Å². The molecular formula is C14H22N2O2S. The summed E-state index contributed by atoms with van der Waals surface area (Å²) in [6.45, 7) is 7.15. The topological polar surface area (TPSA) is 62.2 Å². The summed E-state index contributed by atoms with van der Waals surface area (Å²) in [5.74, 6) is -0.544. The highest BCUT2D eigenvalue weighted by Crippen LogP contribution is 2.45. The highest BCUT2D eigenvalue weighted by Gasteiger charge is 2.45. The van der Waals surface area contributed by atoms with Gasteiger partial charge in [0.05, 0.1) is 11.4 Å². The van der Waals surface area contributed by atoms with Gasteiger partial charge in [-0.3, -0.25) is 9.78 Å². The van der Waals surface area contributed by atoms with Crippen molar-refractivity contribution >= 4 is 17.3 Å². The predicted molar refractivity (Wildman–Crippen MR) is 76.0 cm³/mol. The average molecular weight is 282 g/mol. The van der Waals surface area contributed by atoms with Crippen molar-refractivity contribution in [3.05, 3.63) is 16.6 Å². The maximum atomic E-state index is 11.3. The fourth-order valence-corrected chi connectivity index (χ4v) is 3.63. The molecule has 1 aliphatic rings. The third-order valence-electron chi connectivity index (χ3n) is 4.76. The quantitative estimate of drug-likeness (QED) is 0.891. The second-order valence-electron chi connectivity index (χ2n) is 6.03. The van der Waals surface area contributed by atoms with E-state index in [1.165, 1.54) is 4.88 Å². The maximum Gasteiger partial charge on any atom is 0.307 e. The first-order valence-electron chi connectivity index (χ1n) is 6.76. The number of nitrogens with one attached hydrogen (secondary N) is 1. The van der Waals surface area contributed by atoms with Crippen molar-refractivity contribution in [1.82, 2.24) is 10.3 Å². The summed E-state index contributed by atoms with van der Waals surface area (Å²) < 4.78 is 0. The lowest BCUT2D eigenvalue weighted by Gasteiger charge is -2.46. The molecule has 1 fully saturated rings. The number of aromatic nitrogens is 1. The number of thiazole rings is 1. The Labute approximate surface area is 118 Å². The van der Waals surface area contributed by atoms with Gasteiger partial charge in [-0.25, -0.2) is 0 Å². The van der Waals surface area contributed by atoms with E-state index < -0.39 is 5.97 Å². The molecule has 4 nitrogen and oxygen atoms in total. The Bertz CT molecular complexity index is 431. The third-order valence-corrected chi connectivity index (χ3v) is 5.54. The Morgan fingerprint density at radius 2 is 2.32 bits per heavy atom. The van der Waals surface area contributed by atoms with Crippen LogP contribution in [0.3, 0.4) is 0 Å². The van der Waals surface area contributed by atoms with Gasteiger partial charge in [0.25, 0.3) is 0 Å². The number of rotatable bonds is 4. The van der Waals surface area contributed by atoms with Crippen LogP contribution in [0.2, 0.25) is 0 Å². The van der Waals surface area contributed by atoms with E-state index in [0.29, 0.717) is 12.0 Å². The molecule has 2 N–H and O–H groups in total. The Balaban J connectivity index is 1.99. The van der Waals surface area contributed by atoms with E-state index in [2.05, 4.69) is 31.1 Å². The van der Waals surface area contributed by atoms with Crippen LogP contribution in [-0.2, 0) is 11.3 Å². The van der Waals surface area contributed by atoms with Crippen molar-refractivity contribution in [2.75, 3.05) is 0 Å². The second kappa shape index (κ2) is 5.59. The molecule has 0 bridgehead atoms. The van der Waals surface area contributed by atoms with Gasteiger partial charge >= 0.3 is 5.97 Å². The van der Waals surface area contributed by atoms with E-state index in [4.69, 9.17) is 0 Å². The lowest BCUT2D eigenvalue weighted by Crippen LogP contribution is -2.50. The van der Waals surface area contributed by atoms with E-state index in [-0.39, 0.29) is 11.3 Å². The largest absolute Gasteiger partial charge is 0.481 e. The van der Waals surface area contributed by atoms with E-state index in [1.807, 2.05) is 11.7 Å². The minimum absolute atomic E-state index is 0.171. The summed E-state index contributed by atoms with van der Waals surface area (Å²) in [5.41, 5.74) is 1.67. The molecule has 0 radical (unpaired) electrons. The number of aliphatic carboxylic acids is 1. The van der Waals surface area contributed by atoms with Gasteiger partial charge in [-0.15, -0.1) is 11.3 Å². The molecule has 1 saturated carbocycles. The number of hydrogen-bond donors (Lipinski definition) is 2. The van der Waals surface area contributed by atoms with Crippen molar-refractivity contribution in [3.8, 4) is 0 Å². The van der Waals surface area contributed by atoms with Crippen LogP contribution in [0.25, 0.3) is 0 Å². The summed E-state index contributed by atoms with van der Waals surface area (Å²) in [5, 5.41) is 12.9. The van der Waals surface area contributed by atoms with Crippen LogP contribution in [0.5, 0.6) is 0 Å². The van der Waals surface area contributed by atoms with Gasteiger partial charge in [-0.2, -0.15) is 0 Å². The zero-order valence-corrected chi connectivity index (χ0v) is 12.5. The smallest absolute Gasteiger partial charge is 0.307 e. The molecule has 0 aliphatic heterocycles. The first kappa shape index (κ1) is 14.5. The molecule has 0 amide bonds. The third kappa shape index (κ3) is 2.98. The van der Waals surface area contributed by atoms with E-state index in [1.54, 1.807) is 11.3 Å². The molecule has 1 heterocycles. The minimum atomic E-state index is -0.655. The van der Waals surface area contributed by atoms with Crippen LogP contribution >= 0.6 is 11.3 Å². The average Bonchev–Trinajstić information content (AvgIpc) is 2.83. The fourth-order valence-electron chi connectivity index (χ4n) is 3.09. The van der Waals surface area contributed by atoms with Crippen LogP contribution in [0.15, 0.2) is 11.7 Å². The molecule has 0 spiro atoms. The monoisotopic (exact) mass is 282 g/mol. The molecule has 1 aromatic heterocycles. The Morgan fingerprint density at radius 1 is 1.58 bits per heavy atom. The molecule has 2 rings (SSSR count). The van der Waals surface area contributed by atoms with E-state index in [9.17, 15) is 9.90 Å². The number of carboxylic acid groups (broad SMARTS) is 1. The minimum Gasteiger partial charge on any atom is -0.481 e. The number of carboxylic acids is 1. The van der Waals surface area contributed by atoms with Crippen LogP contribution < -0.4 is 5.32 Å². The first-order chi connectivity index (χ1) is 8.93. The zero-order chi connectivity index (χ0) is 14.0. The molecule has 19 heavy (non-hydrogen) atoms. The molecule has 0 aromatic carbocycles. The van der Waals surface area contributed by atoms with E-state index >= 15 is 0 Å². The van der Waals surface area contributed by atoms with Gasteiger partial charge in [0, 0.05) is 23.7 Å². The Morgan fingerprint density at radius 3 is 2.89 bits per heavy atom. The lowest BCUT2D eigenvalue weighted by atomic mass is 9.61. The molecule has 0 saturated heterocycles. The van der Waals surface area contributed by atoms with Crippen molar-refractivity contribution in [2.45, 2.75) is 46.2 Å². The molecule has 3 atom stereocenters. The molecular weight excluding hydrogens is 260 g/mol. The van der Waals surface area contributed by atoms with Crippen molar-refractivity contribution in [1.29, 1.82) is 0 Å². The van der Waals surface area contributed by atoms with Crippen LogP contribution in [0.4, 0.5) is 0 Å². The SMILES string of the molecule is CC1C(NCc2cncs2)CCC(C(=O)O)C1(C)C. The summed E-state index contributed by atoms with van der Waals surface area (Å²) in [6.07, 6.45) is 3.57. The molecule has 1 aliphatic carbocycles. The second-order valence-corrected chi connectivity index (χ2v) is 7.00. The van der Waals surface area contributed by atoms with E-state index in [0.717, 1.165) is 19.4 Å². The van der Waals surface area contributed by atoms with Crippen LogP contribution in [0, 0.1) is 17.3 Å². The standard InChI is InChI=1S/C14H22N2O2S/c1-9-12(16-7-10-6-15-8-19-10)5-4-11(13(17)18)14(9,2)3/h6,8-9,11-12,16H,4-5,7H2,1-3H3,(H,17,18). The first-order valence-corrected chi connectivity index (χ1v) is 7.64. The normalized spacial score (nSPS) is 30.2. The summed E-state index contributed by atoms with van der Waals surface area (Å²) >= 11 is 1.65. The van der Waals surface area contributed by atoms with Crippen LogP contribution in [-0.4, -0.2) is 22.1 Å². The molecule has 106 valence electrons. The highest BCUT2D eigenvalue weighted by molar-refractivity contribution is 7.09. The summed E-state index contributed by atoms with van der Waals surface area (Å²) in [4.78, 5) is 16.6. The Hall–Kier alpha value is -0.940. The fraction of sp³-hybridized carbons (Fsp3) is 0.714. The molecule has 3 unspecified atom stereocenters. The number of carbonyl (C=O) groups is 1. The molecule has 5 heteroatoms. The van der Waals surface area contributed by atoms with Crippen molar-refractivity contribution in [2.24, 2.45) is 17.3 Å². The van der Waals surface area contributed by atoms with Gasteiger partial charge < -0.3 is 10.4 Å². The zero-order valence-electron chi connectivity index (χ0n) is 11.7.